The van der Waals surface area contributed by atoms with Gasteiger partial charge in [-0.05, 0) is 73.6 Å². The molecule has 306 valence electrons. The monoisotopic (exact) mass is 882 g/mol. The van der Waals surface area contributed by atoms with Crippen molar-refractivity contribution in [2.45, 2.75) is 101 Å². The van der Waals surface area contributed by atoms with Gasteiger partial charge >= 0.3 is 35.9 Å². The minimum absolute atomic E-state index is 0. The Morgan fingerprint density at radius 1 is 0.414 bits per heavy atom. The van der Waals surface area contributed by atoms with Crippen LogP contribution in [0.4, 0.5) is 0 Å². The van der Waals surface area contributed by atoms with Crippen molar-refractivity contribution in [1.82, 2.24) is 0 Å². The van der Waals surface area contributed by atoms with Crippen LogP contribution in [0.1, 0.15) is 124 Å². The van der Waals surface area contributed by atoms with E-state index in [0.717, 1.165) is 52.5 Å². The first kappa shape index (κ1) is 48.2. The number of fused-ring (bicyclic) bond motifs is 2. The fraction of sp³-hybridized carbons (Fsp3) is 0.423. The third-order valence-electron chi connectivity index (χ3n) is 12.4. The van der Waals surface area contributed by atoms with E-state index in [1.807, 2.05) is 0 Å². The zero-order valence-corrected chi connectivity index (χ0v) is 38.0. The van der Waals surface area contributed by atoms with Crippen molar-refractivity contribution >= 4 is 0 Å². The Balaban J connectivity index is 0.000000346. The predicted octanol–water partition coefficient (Wildman–Crippen LogP) is 5.91. The maximum absolute atomic E-state index is 4.94. The van der Waals surface area contributed by atoms with Crippen LogP contribution < -0.4 is 35.8 Å². The molecule has 5 aliphatic rings. The third-order valence-corrected chi connectivity index (χ3v) is 12.4. The van der Waals surface area contributed by atoms with Gasteiger partial charge in [0.2, 0.25) is 0 Å². The van der Waals surface area contributed by atoms with Gasteiger partial charge in [-0.25, -0.2) is 0 Å². The second kappa shape index (κ2) is 21.9. The van der Waals surface area contributed by atoms with Crippen LogP contribution in [0.2, 0.25) is 0 Å². The Hall–Kier alpha value is -2.42. The van der Waals surface area contributed by atoms with Crippen molar-refractivity contribution in [3.8, 4) is 0 Å². The van der Waals surface area contributed by atoms with Gasteiger partial charge in [0, 0.05) is 50.5 Å². The molecule has 0 unspecified atom stereocenters. The molecule has 3 aliphatic heterocycles. The zero-order chi connectivity index (χ0) is 38.2. The van der Waals surface area contributed by atoms with Crippen LogP contribution in [0.25, 0.3) is 0 Å². The molecule has 58 heavy (non-hydrogen) atoms. The number of halogens is 1. The van der Waals surface area contributed by atoms with Crippen molar-refractivity contribution in [1.29, 1.82) is 0 Å². The number of rotatable bonds is 4. The van der Waals surface area contributed by atoms with Gasteiger partial charge in [0.1, 0.15) is 0 Å². The molecule has 0 atom stereocenters. The Labute approximate surface area is 382 Å². The summed E-state index contributed by atoms with van der Waals surface area (Å²) in [5.41, 5.74) is 10.5. The van der Waals surface area contributed by atoms with E-state index >= 15 is 0 Å². The standard InChI is InChI=1S/C40H37.3C4H8O.BrH.Cu.Li/c1-37(2)27-39(29-17-9-5-10-18-29,30-19-11-6-12-20-30)35-26-36-34(25-33(35)37)38(3,4)28-40(36,31-21-13-7-14-22-31)32-23-15-8-16-24-32;3*1-2-4-5-3-1;;;/h5-25H,27-28H2,1-4H3;3*1-4H2;1H;;/q-1;;;;;2*+1/p-1. The van der Waals surface area contributed by atoms with Gasteiger partial charge in [-0.3, -0.25) is 0 Å². The number of hydrogen-bond donors (Lipinski definition) is 0. The van der Waals surface area contributed by atoms with E-state index in [0.29, 0.717) is 0 Å². The fourth-order valence-electron chi connectivity index (χ4n) is 9.72. The van der Waals surface area contributed by atoms with Crippen LogP contribution >= 0.6 is 0 Å². The van der Waals surface area contributed by atoms with E-state index < -0.39 is 0 Å². The van der Waals surface area contributed by atoms with E-state index in [1.54, 1.807) is 0 Å². The molecule has 3 heterocycles. The molecule has 5 aromatic rings. The zero-order valence-electron chi connectivity index (χ0n) is 35.4. The Kier molecular flexibility index (Phi) is 18.2. The minimum Gasteiger partial charge on any atom is -1.00 e. The van der Waals surface area contributed by atoms with Crippen LogP contribution in [0.15, 0.2) is 127 Å². The van der Waals surface area contributed by atoms with Crippen LogP contribution in [0, 0.1) is 6.07 Å². The average Bonchev–Trinajstić information content (AvgIpc) is 4.09. The summed E-state index contributed by atoms with van der Waals surface area (Å²) in [6, 6.07) is 51.6. The third kappa shape index (κ3) is 10.2. The molecule has 0 aromatic heterocycles. The van der Waals surface area contributed by atoms with Crippen molar-refractivity contribution in [3.05, 3.63) is 178 Å². The number of benzene rings is 5. The van der Waals surface area contributed by atoms with Crippen LogP contribution in [-0.4, -0.2) is 39.6 Å². The summed E-state index contributed by atoms with van der Waals surface area (Å²) in [4.78, 5) is 0. The van der Waals surface area contributed by atoms with Gasteiger partial charge in [-0.15, -0.1) is 22.3 Å². The first-order chi connectivity index (χ1) is 26.8. The van der Waals surface area contributed by atoms with Gasteiger partial charge in [-0.1, -0.05) is 160 Å². The quantitative estimate of drug-likeness (QED) is 0.166. The molecule has 0 spiro atoms. The second-order valence-corrected chi connectivity index (χ2v) is 17.2. The molecule has 3 saturated heterocycles. The van der Waals surface area contributed by atoms with Crippen molar-refractivity contribution in [3.63, 3.8) is 0 Å². The minimum atomic E-state index is -0.262. The van der Waals surface area contributed by atoms with Crippen molar-refractivity contribution in [2.75, 3.05) is 39.6 Å². The summed E-state index contributed by atoms with van der Waals surface area (Å²) in [5, 5.41) is 0. The van der Waals surface area contributed by atoms with E-state index in [1.165, 1.54) is 83.0 Å². The molecule has 5 aromatic carbocycles. The molecule has 3 fully saturated rings. The first-order valence-electron chi connectivity index (χ1n) is 20.9. The summed E-state index contributed by atoms with van der Waals surface area (Å²) >= 11 is 0. The molecule has 0 saturated carbocycles. The Bertz CT molecular complexity index is 1690. The fourth-order valence-corrected chi connectivity index (χ4v) is 9.72. The number of hydrogen-bond acceptors (Lipinski definition) is 3. The number of ether oxygens (including phenoxy) is 3. The van der Waals surface area contributed by atoms with Gasteiger partial charge < -0.3 is 31.2 Å². The molecular formula is C52H61BrCuLiO3. The molecule has 0 radical (unpaired) electrons. The largest absolute Gasteiger partial charge is 1.00 e. The van der Waals surface area contributed by atoms with E-state index in [9.17, 15) is 0 Å². The molecule has 10 rings (SSSR count). The smallest absolute Gasteiger partial charge is 1.00 e. The van der Waals surface area contributed by atoms with Gasteiger partial charge in [0.05, 0.1) is 0 Å². The maximum atomic E-state index is 4.94. The summed E-state index contributed by atoms with van der Waals surface area (Å²) in [6.45, 7) is 15.7. The topological polar surface area (TPSA) is 27.7 Å². The van der Waals surface area contributed by atoms with Crippen LogP contribution in [-0.2, 0) is 52.9 Å². The molecule has 2 aliphatic carbocycles. The summed E-state index contributed by atoms with van der Waals surface area (Å²) < 4.78 is 14.8. The molecule has 0 bridgehead atoms. The normalized spacial score (nSPS) is 19.4. The predicted molar refractivity (Wildman–Crippen MR) is 226 cm³/mol. The van der Waals surface area contributed by atoms with E-state index in [2.05, 4.69) is 161 Å². The summed E-state index contributed by atoms with van der Waals surface area (Å²) in [5.74, 6) is 0. The molecule has 3 nitrogen and oxygen atoms in total. The first-order valence-corrected chi connectivity index (χ1v) is 20.9. The van der Waals surface area contributed by atoms with E-state index in [-0.39, 0.29) is 74.6 Å². The average molecular weight is 884 g/mol. The van der Waals surface area contributed by atoms with Gasteiger partial charge in [0.15, 0.2) is 0 Å². The maximum Gasteiger partial charge on any atom is 1.00 e. The SMILES string of the molecule is C1CCOC1.C1CCOC1.C1CCOC1.CC1(C)CC(c2ccccc2)(c2ccccc2)c2[c-]c3c(cc21)C(C)(C)CC3(c1ccccc1)c1ccccc1.[Br-].[Cu+].[Li+]. The van der Waals surface area contributed by atoms with Gasteiger partial charge in [-0.2, -0.15) is 12.1 Å². The summed E-state index contributed by atoms with van der Waals surface area (Å²) in [6.07, 6.45) is 9.71. The van der Waals surface area contributed by atoms with E-state index in [4.69, 9.17) is 14.2 Å². The van der Waals surface area contributed by atoms with Gasteiger partial charge in [0.25, 0.3) is 0 Å². The van der Waals surface area contributed by atoms with Crippen molar-refractivity contribution in [2.24, 2.45) is 0 Å². The summed E-state index contributed by atoms with van der Waals surface area (Å²) in [7, 11) is 0. The Morgan fingerprint density at radius 2 is 0.655 bits per heavy atom. The molecule has 0 N–H and O–H groups in total. The van der Waals surface area contributed by atoms with Crippen LogP contribution in [0.3, 0.4) is 0 Å². The molecule has 6 heteroatoms. The van der Waals surface area contributed by atoms with Crippen molar-refractivity contribution < 1.29 is 67.1 Å². The Morgan fingerprint density at radius 3 is 0.862 bits per heavy atom. The molecular weight excluding hydrogens is 823 g/mol. The van der Waals surface area contributed by atoms with Crippen LogP contribution in [0.5, 0.6) is 0 Å². The molecule has 0 amide bonds. The second-order valence-electron chi connectivity index (χ2n) is 17.2.